The molecule has 0 fully saturated rings. The van der Waals surface area contributed by atoms with Crippen LogP contribution in [0.25, 0.3) is 0 Å². The van der Waals surface area contributed by atoms with Gasteiger partial charge in [0.1, 0.15) is 11.5 Å². The van der Waals surface area contributed by atoms with Gasteiger partial charge in [-0.15, -0.1) is 0 Å². The molecule has 2 N–H and O–H groups in total. The Labute approximate surface area is 159 Å². The van der Waals surface area contributed by atoms with E-state index in [4.69, 9.17) is 0 Å². The fraction of sp³-hybridized carbons (Fsp3) is 0.150. The quantitative estimate of drug-likeness (QED) is 0.669. The Balaban J connectivity index is 1.61. The molecule has 28 heavy (non-hydrogen) atoms. The van der Waals surface area contributed by atoms with Crippen molar-refractivity contribution in [3.05, 3.63) is 83.3 Å². The molecule has 0 aliphatic heterocycles. The fourth-order valence-corrected chi connectivity index (χ4v) is 2.40. The summed E-state index contributed by atoms with van der Waals surface area (Å²) in [5.41, 5.74) is 1.42. The number of aromatic nitrogens is 2. The van der Waals surface area contributed by atoms with Gasteiger partial charge in [-0.3, -0.25) is 4.79 Å². The SMILES string of the molecule is Cc1ccc(CNc2cnc(C(=O)Nc3cccc(C(F)(F)F)c3)cn2)cc1. The lowest BCUT2D eigenvalue weighted by atomic mass is 10.1. The third-order valence-corrected chi connectivity index (χ3v) is 3.93. The maximum Gasteiger partial charge on any atom is 0.416 e. The van der Waals surface area contributed by atoms with E-state index in [0.717, 1.165) is 17.7 Å². The zero-order chi connectivity index (χ0) is 20.1. The Bertz CT molecular complexity index is 954. The van der Waals surface area contributed by atoms with Crippen molar-refractivity contribution in [2.24, 2.45) is 0 Å². The molecule has 0 radical (unpaired) electrons. The van der Waals surface area contributed by atoms with Gasteiger partial charge >= 0.3 is 6.18 Å². The molecule has 1 heterocycles. The first-order valence-electron chi connectivity index (χ1n) is 8.41. The lowest BCUT2D eigenvalue weighted by molar-refractivity contribution is -0.137. The van der Waals surface area contributed by atoms with E-state index in [-0.39, 0.29) is 11.4 Å². The minimum atomic E-state index is -4.48. The summed E-state index contributed by atoms with van der Waals surface area (Å²) in [5, 5.41) is 5.48. The molecule has 0 atom stereocenters. The van der Waals surface area contributed by atoms with Crippen molar-refractivity contribution < 1.29 is 18.0 Å². The van der Waals surface area contributed by atoms with Crippen molar-refractivity contribution in [1.82, 2.24) is 9.97 Å². The average Bonchev–Trinajstić information content (AvgIpc) is 2.67. The van der Waals surface area contributed by atoms with Gasteiger partial charge in [0.2, 0.25) is 0 Å². The molecule has 144 valence electrons. The normalized spacial score (nSPS) is 11.1. The van der Waals surface area contributed by atoms with Crippen LogP contribution in [-0.4, -0.2) is 15.9 Å². The highest BCUT2D eigenvalue weighted by Gasteiger charge is 2.30. The van der Waals surface area contributed by atoms with Crippen LogP contribution in [0.3, 0.4) is 0 Å². The van der Waals surface area contributed by atoms with Gasteiger partial charge in [0.05, 0.1) is 18.0 Å². The predicted octanol–water partition coefficient (Wildman–Crippen LogP) is 4.67. The van der Waals surface area contributed by atoms with Gasteiger partial charge in [0.25, 0.3) is 5.91 Å². The zero-order valence-corrected chi connectivity index (χ0v) is 14.9. The summed E-state index contributed by atoms with van der Waals surface area (Å²) in [6.07, 6.45) is -1.82. The monoisotopic (exact) mass is 386 g/mol. The van der Waals surface area contributed by atoms with E-state index in [9.17, 15) is 18.0 Å². The van der Waals surface area contributed by atoms with E-state index in [1.807, 2.05) is 31.2 Å². The Hall–Kier alpha value is -3.42. The minimum Gasteiger partial charge on any atom is -0.365 e. The lowest BCUT2D eigenvalue weighted by Crippen LogP contribution is -2.15. The number of amides is 1. The van der Waals surface area contributed by atoms with Crippen LogP contribution < -0.4 is 10.6 Å². The second-order valence-electron chi connectivity index (χ2n) is 6.16. The van der Waals surface area contributed by atoms with Crippen LogP contribution in [-0.2, 0) is 12.7 Å². The predicted molar refractivity (Wildman–Crippen MR) is 99.9 cm³/mol. The van der Waals surface area contributed by atoms with Crippen molar-refractivity contribution in [2.75, 3.05) is 10.6 Å². The van der Waals surface area contributed by atoms with Gasteiger partial charge in [-0.2, -0.15) is 13.2 Å². The van der Waals surface area contributed by atoms with E-state index < -0.39 is 17.6 Å². The number of anilines is 2. The maximum absolute atomic E-state index is 12.7. The molecule has 1 aromatic heterocycles. The lowest BCUT2D eigenvalue weighted by Gasteiger charge is -2.10. The average molecular weight is 386 g/mol. The molecule has 8 heteroatoms. The van der Waals surface area contributed by atoms with Crippen molar-refractivity contribution in [3.63, 3.8) is 0 Å². The first-order chi connectivity index (χ1) is 13.3. The van der Waals surface area contributed by atoms with Crippen LogP contribution in [0, 0.1) is 6.92 Å². The summed E-state index contributed by atoms with van der Waals surface area (Å²) >= 11 is 0. The molecule has 3 aromatic rings. The molecule has 0 aliphatic carbocycles. The molecular formula is C20H17F3N4O. The number of benzene rings is 2. The van der Waals surface area contributed by atoms with E-state index >= 15 is 0 Å². The Morgan fingerprint density at radius 2 is 1.79 bits per heavy atom. The van der Waals surface area contributed by atoms with Gasteiger partial charge in [-0.1, -0.05) is 35.9 Å². The van der Waals surface area contributed by atoms with Crippen LogP contribution in [0.15, 0.2) is 60.9 Å². The summed E-state index contributed by atoms with van der Waals surface area (Å²) in [7, 11) is 0. The van der Waals surface area contributed by atoms with Crippen LogP contribution >= 0.6 is 0 Å². The van der Waals surface area contributed by atoms with Crippen LogP contribution in [0.4, 0.5) is 24.7 Å². The summed E-state index contributed by atoms with van der Waals surface area (Å²) in [6, 6.07) is 12.4. The van der Waals surface area contributed by atoms with Crippen molar-refractivity contribution in [2.45, 2.75) is 19.6 Å². The highest BCUT2D eigenvalue weighted by atomic mass is 19.4. The number of carbonyl (C=O) groups excluding carboxylic acids is 1. The third kappa shape index (κ3) is 5.06. The number of hydrogen-bond donors (Lipinski definition) is 2. The number of hydrogen-bond acceptors (Lipinski definition) is 4. The van der Waals surface area contributed by atoms with E-state index in [1.165, 1.54) is 30.1 Å². The molecule has 3 rings (SSSR count). The smallest absolute Gasteiger partial charge is 0.365 e. The van der Waals surface area contributed by atoms with Crippen molar-refractivity contribution in [1.29, 1.82) is 0 Å². The number of nitrogens with zero attached hydrogens (tertiary/aromatic N) is 2. The van der Waals surface area contributed by atoms with Gasteiger partial charge in [0.15, 0.2) is 0 Å². The molecular weight excluding hydrogens is 369 g/mol. The van der Waals surface area contributed by atoms with E-state index in [1.54, 1.807) is 0 Å². The molecule has 0 bridgehead atoms. The Morgan fingerprint density at radius 3 is 2.43 bits per heavy atom. The molecule has 0 aliphatic rings. The Morgan fingerprint density at radius 1 is 1.04 bits per heavy atom. The van der Waals surface area contributed by atoms with Gasteiger partial charge in [-0.25, -0.2) is 9.97 Å². The standard InChI is InChI=1S/C20H17F3N4O/c1-13-5-7-14(8-6-13)10-25-18-12-24-17(11-26-18)19(28)27-16-4-2-3-15(9-16)20(21,22)23/h2-9,11-12H,10H2,1H3,(H,25,26)(H,27,28). The van der Waals surface area contributed by atoms with Crippen molar-refractivity contribution >= 4 is 17.4 Å². The highest BCUT2D eigenvalue weighted by molar-refractivity contribution is 6.02. The highest BCUT2D eigenvalue weighted by Crippen LogP contribution is 2.30. The topological polar surface area (TPSA) is 66.9 Å². The van der Waals surface area contributed by atoms with Crippen molar-refractivity contribution in [3.8, 4) is 0 Å². The van der Waals surface area contributed by atoms with E-state index in [2.05, 4.69) is 20.6 Å². The first kappa shape index (κ1) is 19.3. The number of rotatable bonds is 5. The molecule has 5 nitrogen and oxygen atoms in total. The summed E-state index contributed by atoms with van der Waals surface area (Å²) in [4.78, 5) is 20.3. The largest absolute Gasteiger partial charge is 0.416 e. The second kappa shape index (κ2) is 8.08. The van der Waals surface area contributed by atoms with Gasteiger partial charge in [-0.05, 0) is 30.7 Å². The summed E-state index contributed by atoms with van der Waals surface area (Å²) in [5.74, 6) is -0.159. The van der Waals surface area contributed by atoms with Crippen LogP contribution in [0.5, 0.6) is 0 Å². The fourth-order valence-electron chi connectivity index (χ4n) is 2.40. The van der Waals surface area contributed by atoms with Gasteiger partial charge < -0.3 is 10.6 Å². The maximum atomic E-state index is 12.7. The molecule has 1 amide bonds. The Kier molecular flexibility index (Phi) is 5.58. The number of halogens is 3. The minimum absolute atomic E-state index is 0.00158. The molecule has 0 saturated carbocycles. The molecule has 2 aromatic carbocycles. The molecule has 0 unspecified atom stereocenters. The van der Waals surface area contributed by atoms with E-state index in [0.29, 0.717) is 12.4 Å². The molecule has 0 spiro atoms. The van der Waals surface area contributed by atoms with Crippen LogP contribution in [0.1, 0.15) is 27.2 Å². The number of carbonyl (C=O) groups is 1. The van der Waals surface area contributed by atoms with Gasteiger partial charge in [0, 0.05) is 12.2 Å². The number of nitrogens with one attached hydrogen (secondary N) is 2. The molecule has 0 saturated heterocycles. The van der Waals surface area contributed by atoms with Crippen LogP contribution in [0.2, 0.25) is 0 Å². The summed E-state index contributed by atoms with van der Waals surface area (Å²) in [6.45, 7) is 2.55. The zero-order valence-electron chi connectivity index (χ0n) is 14.9. The summed E-state index contributed by atoms with van der Waals surface area (Å²) < 4.78 is 38.2. The second-order valence-corrected chi connectivity index (χ2v) is 6.16. The third-order valence-electron chi connectivity index (χ3n) is 3.93. The number of alkyl halides is 3. The number of aryl methyl sites for hydroxylation is 1. The first-order valence-corrected chi connectivity index (χ1v) is 8.41.